The number of hydrogen-bond donors (Lipinski definition) is 1. The van der Waals surface area contributed by atoms with Crippen molar-refractivity contribution < 1.29 is 4.79 Å². The Kier molecular flexibility index (Phi) is 2.42. The van der Waals surface area contributed by atoms with E-state index in [2.05, 4.69) is 25.2 Å². The largest absolute Gasteiger partial charge is 0.356 e. The molecule has 2 aromatic heterocycles. The quantitative estimate of drug-likeness (QED) is 0.787. The summed E-state index contributed by atoms with van der Waals surface area (Å²) in [5.41, 5.74) is 1.66. The second-order valence-corrected chi connectivity index (χ2v) is 5.67. The molecule has 1 amide bonds. The Hall–Kier alpha value is -2.18. The number of nitrogens with zero attached hydrogens (tertiary/aromatic N) is 5. The first-order chi connectivity index (χ1) is 9.70. The zero-order valence-corrected chi connectivity index (χ0v) is 11.3. The first-order valence-corrected chi connectivity index (χ1v) is 6.86. The molecule has 0 radical (unpaired) electrons. The van der Waals surface area contributed by atoms with Crippen LogP contribution in [0, 0.1) is 11.8 Å². The van der Waals surface area contributed by atoms with Gasteiger partial charge in [0.15, 0.2) is 5.65 Å². The highest BCUT2D eigenvalue weighted by atomic mass is 16.1. The molecule has 0 aliphatic carbocycles. The number of anilines is 1. The lowest BCUT2D eigenvalue weighted by molar-refractivity contribution is -0.124. The van der Waals surface area contributed by atoms with Gasteiger partial charge in [0.2, 0.25) is 11.9 Å². The molecule has 0 spiro atoms. The molecule has 2 atom stereocenters. The highest BCUT2D eigenvalue weighted by molar-refractivity contribution is 5.77. The van der Waals surface area contributed by atoms with E-state index in [1.54, 1.807) is 6.33 Å². The first kappa shape index (κ1) is 11.6. The van der Waals surface area contributed by atoms with Crippen molar-refractivity contribution in [3.63, 3.8) is 0 Å². The summed E-state index contributed by atoms with van der Waals surface area (Å²) >= 11 is 0. The van der Waals surface area contributed by atoms with Crippen molar-refractivity contribution in [1.29, 1.82) is 0 Å². The summed E-state index contributed by atoms with van der Waals surface area (Å²) in [7, 11) is 1.93. The van der Waals surface area contributed by atoms with E-state index in [0.29, 0.717) is 18.3 Å². The van der Waals surface area contributed by atoms with E-state index >= 15 is 0 Å². The third kappa shape index (κ3) is 1.73. The second kappa shape index (κ2) is 4.16. The molecule has 2 saturated heterocycles. The van der Waals surface area contributed by atoms with E-state index in [9.17, 15) is 4.79 Å². The van der Waals surface area contributed by atoms with E-state index < -0.39 is 0 Å². The molecule has 2 aromatic rings. The van der Waals surface area contributed by atoms with E-state index in [0.717, 1.165) is 36.7 Å². The molecule has 0 aromatic carbocycles. The number of carbonyl (C=O) groups excluding carboxylic acids is 1. The van der Waals surface area contributed by atoms with Crippen molar-refractivity contribution in [3.8, 4) is 0 Å². The minimum absolute atomic E-state index is 0.161. The number of fused-ring (bicyclic) bond motifs is 2. The van der Waals surface area contributed by atoms with Gasteiger partial charge in [-0.2, -0.15) is 4.98 Å². The van der Waals surface area contributed by atoms with Crippen molar-refractivity contribution in [2.45, 2.75) is 6.42 Å². The standard InChI is InChI=1S/C13H16N6O/c1-18-7-16-12-10(18)4-15-13(17-12)19-5-8-2-11(20)14-3-9(8)6-19/h4,7-9H,2-3,5-6H2,1H3,(H,14,20)/t8-,9+/m1/s1. The lowest BCUT2D eigenvalue weighted by Gasteiger charge is -2.23. The van der Waals surface area contributed by atoms with Crippen molar-refractivity contribution in [2.75, 3.05) is 24.5 Å². The number of amides is 1. The number of rotatable bonds is 1. The van der Waals surface area contributed by atoms with Gasteiger partial charge >= 0.3 is 0 Å². The van der Waals surface area contributed by atoms with Crippen LogP contribution >= 0.6 is 0 Å². The summed E-state index contributed by atoms with van der Waals surface area (Å²) in [5.74, 6) is 1.81. The highest BCUT2D eigenvalue weighted by Crippen LogP contribution is 2.30. The molecule has 7 heteroatoms. The monoisotopic (exact) mass is 272 g/mol. The predicted octanol–water partition coefficient (Wildman–Crippen LogP) is -0.0644. The Labute approximate surface area is 116 Å². The third-order valence-corrected chi connectivity index (χ3v) is 4.34. The van der Waals surface area contributed by atoms with E-state index in [1.807, 2.05) is 17.8 Å². The minimum atomic E-state index is 0.161. The molecule has 104 valence electrons. The van der Waals surface area contributed by atoms with E-state index in [4.69, 9.17) is 0 Å². The summed E-state index contributed by atoms with van der Waals surface area (Å²) < 4.78 is 1.91. The molecule has 1 N–H and O–H groups in total. The molecular formula is C13H16N6O. The van der Waals surface area contributed by atoms with Crippen molar-refractivity contribution in [1.82, 2.24) is 24.8 Å². The van der Waals surface area contributed by atoms with Crippen molar-refractivity contribution in [3.05, 3.63) is 12.5 Å². The number of aryl methyl sites for hydroxylation is 1. The van der Waals surface area contributed by atoms with E-state index in [1.165, 1.54) is 0 Å². The van der Waals surface area contributed by atoms with Gasteiger partial charge in [0.25, 0.3) is 0 Å². The van der Waals surface area contributed by atoms with Crippen LogP contribution in [0.2, 0.25) is 0 Å². The number of nitrogens with one attached hydrogen (secondary N) is 1. The summed E-state index contributed by atoms with van der Waals surface area (Å²) in [6.45, 7) is 2.53. The maximum absolute atomic E-state index is 11.5. The van der Waals surface area contributed by atoms with Gasteiger partial charge in [-0.15, -0.1) is 0 Å². The molecule has 4 heterocycles. The third-order valence-electron chi connectivity index (χ3n) is 4.34. The normalized spacial score (nSPS) is 25.9. The van der Waals surface area contributed by atoms with Crippen LogP contribution in [-0.4, -0.2) is 45.1 Å². The maximum atomic E-state index is 11.5. The lowest BCUT2D eigenvalue weighted by Crippen LogP contribution is -2.39. The summed E-state index contributed by atoms with van der Waals surface area (Å²) in [6, 6.07) is 0. The van der Waals surface area contributed by atoms with Gasteiger partial charge < -0.3 is 14.8 Å². The highest BCUT2D eigenvalue weighted by Gasteiger charge is 2.38. The van der Waals surface area contributed by atoms with Gasteiger partial charge in [-0.05, 0) is 11.8 Å². The number of aromatic nitrogens is 4. The number of imidazole rings is 1. The number of piperidine rings is 1. The van der Waals surface area contributed by atoms with Gasteiger partial charge in [-0.3, -0.25) is 4.79 Å². The minimum Gasteiger partial charge on any atom is -0.356 e. The average Bonchev–Trinajstić information content (AvgIpc) is 3.02. The lowest BCUT2D eigenvalue weighted by atomic mass is 9.89. The molecule has 0 unspecified atom stereocenters. The molecule has 2 aliphatic rings. The Bertz CT molecular complexity index is 681. The Balaban J connectivity index is 1.62. The summed E-state index contributed by atoms with van der Waals surface area (Å²) in [5, 5.41) is 2.94. The molecular weight excluding hydrogens is 256 g/mol. The zero-order chi connectivity index (χ0) is 13.7. The van der Waals surface area contributed by atoms with Crippen LogP contribution in [0.4, 0.5) is 5.95 Å². The molecule has 0 saturated carbocycles. The fourth-order valence-electron chi connectivity index (χ4n) is 3.18. The van der Waals surface area contributed by atoms with Gasteiger partial charge in [0.1, 0.15) is 5.52 Å². The molecule has 0 bridgehead atoms. The van der Waals surface area contributed by atoms with Crippen LogP contribution in [0.15, 0.2) is 12.5 Å². The van der Waals surface area contributed by atoms with Gasteiger partial charge in [0.05, 0.1) is 12.5 Å². The van der Waals surface area contributed by atoms with E-state index in [-0.39, 0.29) is 5.91 Å². The van der Waals surface area contributed by atoms with Crippen LogP contribution in [0.1, 0.15) is 6.42 Å². The fraction of sp³-hybridized carbons (Fsp3) is 0.538. The molecule has 4 rings (SSSR count). The number of hydrogen-bond acceptors (Lipinski definition) is 5. The van der Waals surface area contributed by atoms with Crippen LogP contribution < -0.4 is 10.2 Å². The van der Waals surface area contributed by atoms with Crippen LogP contribution in [-0.2, 0) is 11.8 Å². The second-order valence-electron chi connectivity index (χ2n) is 5.67. The van der Waals surface area contributed by atoms with Gasteiger partial charge in [-0.25, -0.2) is 9.97 Å². The smallest absolute Gasteiger partial charge is 0.227 e. The van der Waals surface area contributed by atoms with Crippen molar-refractivity contribution >= 4 is 23.0 Å². The van der Waals surface area contributed by atoms with Crippen LogP contribution in [0.3, 0.4) is 0 Å². The maximum Gasteiger partial charge on any atom is 0.227 e. The van der Waals surface area contributed by atoms with Crippen molar-refractivity contribution in [2.24, 2.45) is 18.9 Å². The zero-order valence-electron chi connectivity index (χ0n) is 11.3. The molecule has 20 heavy (non-hydrogen) atoms. The summed E-state index contributed by atoms with van der Waals surface area (Å²) in [6.07, 6.45) is 4.18. The Morgan fingerprint density at radius 1 is 1.30 bits per heavy atom. The SMILES string of the molecule is Cn1cnc2nc(N3C[C@H]4CC(=O)NC[C@H]4C3)ncc21. The fourth-order valence-corrected chi connectivity index (χ4v) is 3.18. The first-order valence-electron chi connectivity index (χ1n) is 6.86. The molecule has 2 aliphatic heterocycles. The molecule has 7 nitrogen and oxygen atoms in total. The van der Waals surface area contributed by atoms with Crippen LogP contribution in [0.5, 0.6) is 0 Å². The Morgan fingerprint density at radius 2 is 2.15 bits per heavy atom. The Morgan fingerprint density at radius 3 is 3.05 bits per heavy atom. The van der Waals surface area contributed by atoms with Gasteiger partial charge in [-0.1, -0.05) is 0 Å². The predicted molar refractivity (Wildman–Crippen MR) is 73.1 cm³/mol. The summed E-state index contributed by atoms with van der Waals surface area (Å²) in [4.78, 5) is 26.9. The topological polar surface area (TPSA) is 75.9 Å². The average molecular weight is 272 g/mol. The number of carbonyl (C=O) groups is 1. The van der Waals surface area contributed by atoms with Crippen LogP contribution in [0.25, 0.3) is 11.2 Å². The van der Waals surface area contributed by atoms with Gasteiger partial charge in [0, 0.05) is 33.1 Å². The molecule has 2 fully saturated rings.